The van der Waals surface area contributed by atoms with E-state index in [0.29, 0.717) is 37.5 Å². The number of carbonyl (C=O) groups excluding carboxylic acids is 2. The summed E-state index contributed by atoms with van der Waals surface area (Å²) in [7, 11) is 1.64. The molecule has 0 unspecified atom stereocenters. The molecule has 144 valence electrons. The van der Waals surface area contributed by atoms with Crippen molar-refractivity contribution in [1.29, 1.82) is 0 Å². The van der Waals surface area contributed by atoms with Crippen molar-refractivity contribution in [2.45, 2.75) is 26.2 Å². The second-order valence-electron chi connectivity index (χ2n) is 7.73. The second kappa shape index (κ2) is 7.47. The Morgan fingerprint density at radius 3 is 2.15 bits per heavy atom. The lowest BCUT2D eigenvalue weighted by Gasteiger charge is -2.34. The van der Waals surface area contributed by atoms with E-state index in [1.165, 1.54) is 6.26 Å². The highest BCUT2D eigenvalue weighted by Gasteiger charge is 2.28. The fourth-order valence-corrected chi connectivity index (χ4v) is 3.28. The highest BCUT2D eigenvalue weighted by Crippen LogP contribution is 2.32. The minimum Gasteiger partial charge on any atom is -0.496 e. The molecule has 2 aromatic rings. The van der Waals surface area contributed by atoms with Crippen LogP contribution in [-0.2, 0) is 5.41 Å². The Labute approximate surface area is 159 Å². The summed E-state index contributed by atoms with van der Waals surface area (Å²) in [5.74, 6) is 0.965. The molecule has 27 heavy (non-hydrogen) atoms. The summed E-state index contributed by atoms with van der Waals surface area (Å²) in [5, 5.41) is 0. The Balaban J connectivity index is 1.70. The third-order valence-electron chi connectivity index (χ3n) is 4.84. The largest absolute Gasteiger partial charge is 0.496 e. The average Bonchev–Trinajstić information content (AvgIpc) is 3.20. The highest BCUT2D eigenvalue weighted by molar-refractivity contribution is 5.95. The van der Waals surface area contributed by atoms with Crippen LogP contribution in [0.25, 0.3) is 0 Å². The van der Waals surface area contributed by atoms with Crippen molar-refractivity contribution in [2.24, 2.45) is 0 Å². The predicted octanol–water partition coefficient (Wildman–Crippen LogP) is 3.18. The zero-order valence-electron chi connectivity index (χ0n) is 16.3. The number of hydrogen-bond donors (Lipinski definition) is 0. The number of carbonyl (C=O) groups is 2. The molecule has 0 N–H and O–H groups in total. The van der Waals surface area contributed by atoms with E-state index < -0.39 is 0 Å². The van der Waals surface area contributed by atoms with Crippen LogP contribution in [0.2, 0.25) is 0 Å². The van der Waals surface area contributed by atoms with E-state index in [-0.39, 0.29) is 17.2 Å². The van der Waals surface area contributed by atoms with Gasteiger partial charge in [0, 0.05) is 37.3 Å². The van der Waals surface area contributed by atoms with Crippen LogP contribution in [0.15, 0.2) is 41.0 Å². The number of nitrogens with zero attached hydrogens (tertiary/aromatic N) is 2. The van der Waals surface area contributed by atoms with E-state index in [1.807, 2.05) is 12.1 Å². The first kappa shape index (κ1) is 19.0. The average molecular weight is 370 g/mol. The normalized spacial score (nSPS) is 15.0. The van der Waals surface area contributed by atoms with Crippen LogP contribution in [0, 0.1) is 0 Å². The number of furan rings is 1. The SMILES string of the molecule is COc1ccc(C(=O)N2CCN(C(=O)c3ccco3)CC2)cc1C(C)(C)C. The maximum absolute atomic E-state index is 12.9. The lowest BCUT2D eigenvalue weighted by atomic mass is 9.85. The Bertz CT molecular complexity index is 813. The van der Waals surface area contributed by atoms with Gasteiger partial charge in [0.25, 0.3) is 11.8 Å². The van der Waals surface area contributed by atoms with Crippen LogP contribution in [-0.4, -0.2) is 54.9 Å². The van der Waals surface area contributed by atoms with Crippen LogP contribution in [0.3, 0.4) is 0 Å². The molecule has 1 fully saturated rings. The monoisotopic (exact) mass is 370 g/mol. The molecule has 0 atom stereocenters. The lowest BCUT2D eigenvalue weighted by Crippen LogP contribution is -2.50. The number of ether oxygens (including phenoxy) is 1. The van der Waals surface area contributed by atoms with Gasteiger partial charge in [0.1, 0.15) is 5.75 Å². The van der Waals surface area contributed by atoms with Gasteiger partial charge in [0.05, 0.1) is 13.4 Å². The van der Waals surface area contributed by atoms with Crippen molar-refractivity contribution in [1.82, 2.24) is 9.80 Å². The minimum absolute atomic E-state index is 0.0201. The summed E-state index contributed by atoms with van der Waals surface area (Å²) < 4.78 is 10.6. The molecule has 6 nitrogen and oxygen atoms in total. The van der Waals surface area contributed by atoms with Crippen LogP contribution in [0.5, 0.6) is 5.75 Å². The topological polar surface area (TPSA) is 63.0 Å². The Morgan fingerprint density at radius 2 is 1.63 bits per heavy atom. The number of benzene rings is 1. The van der Waals surface area contributed by atoms with Crippen molar-refractivity contribution in [3.05, 3.63) is 53.5 Å². The number of piperazine rings is 1. The fraction of sp³-hybridized carbons (Fsp3) is 0.429. The van der Waals surface area contributed by atoms with Gasteiger partial charge in [-0.25, -0.2) is 0 Å². The van der Waals surface area contributed by atoms with Gasteiger partial charge in [0.15, 0.2) is 5.76 Å². The third kappa shape index (κ3) is 3.99. The molecule has 2 heterocycles. The van der Waals surface area contributed by atoms with E-state index in [9.17, 15) is 9.59 Å². The molecule has 1 aliphatic heterocycles. The highest BCUT2D eigenvalue weighted by atomic mass is 16.5. The van der Waals surface area contributed by atoms with Gasteiger partial charge in [-0.2, -0.15) is 0 Å². The molecule has 1 aliphatic rings. The first-order chi connectivity index (χ1) is 12.8. The van der Waals surface area contributed by atoms with E-state index in [0.717, 1.165) is 11.3 Å². The molecule has 0 saturated carbocycles. The van der Waals surface area contributed by atoms with Gasteiger partial charge in [-0.3, -0.25) is 9.59 Å². The number of hydrogen-bond acceptors (Lipinski definition) is 4. The summed E-state index contributed by atoms with van der Waals surface area (Å²) in [4.78, 5) is 28.8. The Hall–Kier alpha value is -2.76. The van der Waals surface area contributed by atoms with Crippen LogP contribution >= 0.6 is 0 Å². The van der Waals surface area contributed by atoms with E-state index in [2.05, 4.69) is 20.8 Å². The van der Waals surface area contributed by atoms with Crippen molar-refractivity contribution >= 4 is 11.8 Å². The summed E-state index contributed by atoms with van der Waals surface area (Å²) >= 11 is 0. The number of methoxy groups -OCH3 is 1. The van der Waals surface area contributed by atoms with E-state index in [1.54, 1.807) is 35.1 Å². The maximum atomic E-state index is 12.9. The van der Waals surface area contributed by atoms with Gasteiger partial charge in [-0.05, 0) is 35.7 Å². The maximum Gasteiger partial charge on any atom is 0.289 e. The minimum atomic E-state index is -0.133. The second-order valence-corrected chi connectivity index (χ2v) is 7.73. The predicted molar refractivity (Wildman–Crippen MR) is 102 cm³/mol. The standard InChI is InChI=1S/C21H26N2O4/c1-21(2,3)16-14-15(7-8-17(16)26-4)19(24)22-9-11-23(12-10-22)20(25)18-6-5-13-27-18/h5-8,13-14H,9-12H2,1-4H3. The number of amides is 2. The summed E-state index contributed by atoms with van der Waals surface area (Å²) in [5.41, 5.74) is 1.52. The Kier molecular flexibility index (Phi) is 5.26. The van der Waals surface area contributed by atoms with Gasteiger partial charge in [-0.15, -0.1) is 0 Å². The van der Waals surface area contributed by atoms with E-state index in [4.69, 9.17) is 9.15 Å². The molecule has 1 aromatic heterocycles. The molecule has 6 heteroatoms. The molecular weight excluding hydrogens is 344 g/mol. The van der Waals surface area contributed by atoms with Crippen LogP contribution in [0.1, 0.15) is 47.2 Å². The smallest absolute Gasteiger partial charge is 0.289 e. The summed E-state index contributed by atoms with van der Waals surface area (Å²) in [6.45, 7) is 8.28. The summed E-state index contributed by atoms with van der Waals surface area (Å²) in [6, 6.07) is 8.93. The Morgan fingerprint density at radius 1 is 1.00 bits per heavy atom. The van der Waals surface area contributed by atoms with Crippen molar-refractivity contribution in [3.8, 4) is 5.75 Å². The molecule has 0 spiro atoms. The molecule has 3 rings (SSSR count). The molecule has 1 saturated heterocycles. The molecule has 1 aromatic carbocycles. The third-order valence-corrected chi connectivity index (χ3v) is 4.84. The van der Waals surface area contributed by atoms with Gasteiger partial charge in [0.2, 0.25) is 0 Å². The molecule has 2 amide bonds. The van der Waals surface area contributed by atoms with Gasteiger partial charge < -0.3 is 19.0 Å². The van der Waals surface area contributed by atoms with Crippen LogP contribution in [0.4, 0.5) is 0 Å². The zero-order chi connectivity index (χ0) is 19.6. The summed E-state index contributed by atoms with van der Waals surface area (Å²) in [6.07, 6.45) is 1.49. The zero-order valence-corrected chi connectivity index (χ0v) is 16.3. The first-order valence-electron chi connectivity index (χ1n) is 9.12. The lowest BCUT2D eigenvalue weighted by molar-refractivity contribution is 0.0518. The fourth-order valence-electron chi connectivity index (χ4n) is 3.28. The van der Waals surface area contributed by atoms with Crippen LogP contribution < -0.4 is 4.74 Å². The molecular formula is C21H26N2O4. The van der Waals surface area contributed by atoms with Crippen molar-refractivity contribution in [3.63, 3.8) is 0 Å². The molecule has 0 aliphatic carbocycles. The molecule has 0 radical (unpaired) electrons. The van der Waals surface area contributed by atoms with E-state index >= 15 is 0 Å². The molecule has 0 bridgehead atoms. The number of rotatable bonds is 3. The van der Waals surface area contributed by atoms with Crippen molar-refractivity contribution < 1.29 is 18.7 Å². The first-order valence-corrected chi connectivity index (χ1v) is 9.12. The van der Waals surface area contributed by atoms with Gasteiger partial charge >= 0.3 is 0 Å². The van der Waals surface area contributed by atoms with Crippen molar-refractivity contribution in [2.75, 3.05) is 33.3 Å². The van der Waals surface area contributed by atoms with Gasteiger partial charge in [-0.1, -0.05) is 20.8 Å². The quantitative estimate of drug-likeness (QED) is 0.832.